The van der Waals surface area contributed by atoms with Crippen molar-refractivity contribution >= 4 is 12.9 Å². The Morgan fingerprint density at radius 3 is 2.57 bits per heavy atom. The van der Waals surface area contributed by atoms with Crippen molar-refractivity contribution in [3.8, 4) is 0 Å². The van der Waals surface area contributed by atoms with Crippen molar-refractivity contribution in [2.24, 2.45) is 23.2 Å². The third-order valence-electron chi connectivity index (χ3n) is 6.90. The first-order valence-corrected chi connectivity index (χ1v) is 9.32. The Bertz CT molecular complexity index is 481. The first kappa shape index (κ1) is 17.4. The van der Waals surface area contributed by atoms with Gasteiger partial charge in [-0.2, -0.15) is 0 Å². The van der Waals surface area contributed by atoms with Crippen LogP contribution in [0.25, 0.3) is 0 Å². The van der Waals surface area contributed by atoms with Crippen LogP contribution in [-0.4, -0.2) is 31.2 Å². The average Bonchev–Trinajstić information content (AvgIpc) is 2.82. The van der Waals surface area contributed by atoms with Gasteiger partial charge < -0.3 is 15.0 Å². The molecule has 3 N–H and O–H groups in total. The Hall–Kier alpha value is -0.385. The fourth-order valence-corrected chi connectivity index (χ4v) is 5.39. The molecule has 1 saturated heterocycles. The van der Waals surface area contributed by atoms with E-state index in [4.69, 9.17) is 9.31 Å². The molecule has 1 unspecified atom stereocenters. The van der Waals surface area contributed by atoms with Gasteiger partial charge in [0.1, 0.15) is 6.54 Å². The quantitative estimate of drug-likeness (QED) is 0.764. The molecule has 4 aliphatic rings. The monoisotopic (exact) mass is 322 g/mol. The number of quaternary nitrogens is 1. The van der Waals surface area contributed by atoms with Gasteiger partial charge in [-0.25, -0.2) is 0 Å². The lowest BCUT2D eigenvalue weighted by Gasteiger charge is -2.64. The molecule has 1 heterocycles. The molecule has 0 aromatic heterocycles. The van der Waals surface area contributed by atoms with Gasteiger partial charge in [-0.3, -0.25) is 4.79 Å². The molecule has 4 fully saturated rings. The summed E-state index contributed by atoms with van der Waals surface area (Å²) in [6.07, 6.45) is 4.08. The van der Waals surface area contributed by atoms with Crippen molar-refractivity contribution in [3.05, 3.63) is 0 Å². The Morgan fingerprint density at radius 1 is 1.30 bits per heavy atom. The second-order valence-corrected chi connectivity index (χ2v) is 9.22. The van der Waals surface area contributed by atoms with Crippen LogP contribution in [0.2, 0.25) is 5.82 Å². The highest BCUT2D eigenvalue weighted by Gasteiger charge is 2.68. The van der Waals surface area contributed by atoms with Crippen LogP contribution < -0.4 is 5.73 Å². The van der Waals surface area contributed by atoms with Gasteiger partial charge >= 0.3 is 7.12 Å². The molecule has 2 bridgehead atoms. The minimum Gasteiger partial charge on any atom is -0.405 e. The Balaban J connectivity index is 1.75. The molecule has 0 aromatic rings. The van der Waals surface area contributed by atoms with Crippen molar-refractivity contribution in [3.63, 3.8) is 0 Å². The second-order valence-electron chi connectivity index (χ2n) is 9.22. The maximum atomic E-state index is 12.0. The fourth-order valence-electron chi connectivity index (χ4n) is 5.39. The largest absolute Gasteiger partial charge is 0.461 e. The van der Waals surface area contributed by atoms with Gasteiger partial charge in [0, 0.05) is 12.2 Å². The van der Waals surface area contributed by atoms with E-state index in [0.717, 1.165) is 18.8 Å². The summed E-state index contributed by atoms with van der Waals surface area (Å²) < 4.78 is 12.9. The minimum absolute atomic E-state index is 0.159. The molecule has 5 heteroatoms. The van der Waals surface area contributed by atoms with Gasteiger partial charge in [0.05, 0.1) is 11.7 Å². The summed E-state index contributed by atoms with van der Waals surface area (Å²) in [5.41, 5.74) is 3.92. The maximum Gasteiger partial charge on any atom is 0.461 e. The van der Waals surface area contributed by atoms with Crippen molar-refractivity contribution in [1.29, 1.82) is 0 Å². The van der Waals surface area contributed by atoms with Gasteiger partial charge in [0.15, 0.2) is 5.78 Å². The molecule has 0 amide bonds. The maximum absolute atomic E-state index is 12.0. The summed E-state index contributed by atoms with van der Waals surface area (Å²) >= 11 is 0. The van der Waals surface area contributed by atoms with Crippen molar-refractivity contribution in [2.45, 2.75) is 77.8 Å². The number of hydrogen-bond donors (Lipinski definition) is 1. The van der Waals surface area contributed by atoms with Gasteiger partial charge in [-0.05, 0) is 49.4 Å². The highest BCUT2D eigenvalue weighted by molar-refractivity contribution is 6.47. The first-order valence-electron chi connectivity index (χ1n) is 9.32. The van der Waals surface area contributed by atoms with Gasteiger partial charge in [0.2, 0.25) is 0 Å². The number of carbonyl (C=O) groups is 1. The molecule has 0 aromatic carbocycles. The normalized spacial score (nSPS) is 39.1. The molecule has 23 heavy (non-hydrogen) atoms. The zero-order valence-electron chi connectivity index (χ0n) is 15.4. The molecule has 0 radical (unpaired) electrons. The highest BCUT2D eigenvalue weighted by Crippen LogP contribution is 2.66. The summed E-state index contributed by atoms with van der Waals surface area (Å²) in [4.78, 5) is 12.0. The van der Waals surface area contributed by atoms with E-state index in [-0.39, 0.29) is 30.4 Å². The SMILES string of the molecule is CC(C)C[C@H](CC(=O)C[NH3+])B1O[C@@H]2CC3C[C@H](C3(C)C)[C@]2(C)O1. The van der Waals surface area contributed by atoms with Crippen molar-refractivity contribution < 1.29 is 19.8 Å². The second kappa shape index (κ2) is 5.85. The smallest absolute Gasteiger partial charge is 0.405 e. The summed E-state index contributed by atoms with van der Waals surface area (Å²) in [6, 6.07) is 0. The predicted molar refractivity (Wildman–Crippen MR) is 90.7 cm³/mol. The third-order valence-corrected chi connectivity index (χ3v) is 6.90. The Morgan fingerprint density at radius 2 is 2.00 bits per heavy atom. The van der Waals surface area contributed by atoms with Crippen LogP contribution in [0.1, 0.15) is 60.3 Å². The van der Waals surface area contributed by atoms with E-state index in [0.29, 0.717) is 30.2 Å². The number of Topliss-reactive ketones (excluding diaryl/α,β-unsaturated/α-hetero) is 1. The molecule has 130 valence electrons. The van der Waals surface area contributed by atoms with Crippen molar-refractivity contribution in [2.75, 3.05) is 6.54 Å². The molecule has 4 rings (SSSR count). The van der Waals surface area contributed by atoms with E-state index in [1.165, 1.54) is 6.42 Å². The highest BCUT2D eigenvalue weighted by atomic mass is 16.7. The van der Waals surface area contributed by atoms with E-state index in [2.05, 4.69) is 40.4 Å². The van der Waals surface area contributed by atoms with E-state index >= 15 is 0 Å². The third kappa shape index (κ3) is 2.79. The zero-order valence-corrected chi connectivity index (χ0v) is 15.4. The minimum atomic E-state index is -0.224. The topological polar surface area (TPSA) is 63.2 Å². The number of rotatable bonds is 6. The standard InChI is InChI=1S/C18H32BNO3/c1-11(2)6-13(9-14(21)10-20)19-22-16-8-12-7-15(17(12,3)4)18(16,5)23-19/h11-13,15-16H,6-10,20H2,1-5H3/p+1/t12?,13-,15-,16-,18+/m1/s1. The van der Waals surface area contributed by atoms with Crippen LogP contribution in [0, 0.1) is 23.2 Å². The lowest BCUT2D eigenvalue weighted by molar-refractivity contribution is -0.354. The van der Waals surface area contributed by atoms with Crippen LogP contribution in [0.5, 0.6) is 0 Å². The summed E-state index contributed by atoms with van der Waals surface area (Å²) in [5, 5.41) is 0. The van der Waals surface area contributed by atoms with Gasteiger partial charge in [-0.15, -0.1) is 0 Å². The number of carbonyl (C=O) groups excluding carboxylic acids is 1. The summed E-state index contributed by atoms with van der Waals surface area (Å²) in [5.74, 6) is 2.25. The Kier molecular flexibility index (Phi) is 4.44. The van der Waals surface area contributed by atoms with E-state index < -0.39 is 0 Å². The van der Waals surface area contributed by atoms with Gasteiger partial charge in [-0.1, -0.05) is 27.7 Å². The van der Waals surface area contributed by atoms with Gasteiger partial charge in [0.25, 0.3) is 0 Å². The molecule has 0 spiro atoms. The summed E-state index contributed by atoms with van der Waals surface area (Å²) in [7, 11) is -0.224. The van der Waals surface area contributed by atoms with E-state index in [1.54, 1.807) is 0 Å². The Labute approximate surface area is 141 Å². The number of hydrogen-bond acceptors (Lipinski definition) is 3. The molecule has 4 nitrogen and oxygen atoms in total. The van der Waals surface area contributed by atoms with E-state index in [9.17, 15) is 4.79 Å². The fraction of sp³-hybridized carbons (Fsp3) is 0.944. The predicted octanol–water partition coefficient (Wildman–Crippen LogP) is 2.33. The number of ketones is 1. The van der Waals surface area contributed by atoms with Crippen LogP contribution in [0.15, 0.2) is 0 Å². The van der Waals surface area contributed by atoms with Crippen LogP contribution in [-0.2, 0) is 14.1 Å². The molecule has 3 saturated carbocycles. The summed E-state index contributed by atoms with van der Waals surface area (Å²) in [6.45, 7) is 11.8. The molecule has 5 atom stereocenters. The molecular weight excluding hydrogens is 289 g/mol. The van der Waals surface area contributed by atoms with Crippen LogP contribution in [0.4, 0.5) is 0 Å². The molecule has 3 aliphatic carbocycles. The van der Waals surface area contributed by atoms with Crippen LogP contribution in [0.3, 0.4) is 0 Å². The van der Waals surface area contributed by atoms with Crippen LogP contribution >= 0.6 is 0 Å². The zero-order chi connectivity index (χ0) is 17.0. The van der Waals surface area contributed by atoms with E-state index in [1.807, 2.05) is 0 Å². The van der Waals surface area contributed by atoms with Crippen molar-refractivity contribution in [1.82, 2.24) is 0 Å². The average molecular weight is 322 g/mol. The lowest BCUT2D eigenvalue weighted by atomic mass is 9.43. The molecular formula is C18H33BNO3+. The molecule has 1 aliphatic heterocycles. The lowest BCUT2D eigenvalue weighted by Crippen LogP contribution is -2.65. The first-order chi connectivity index (χ1) is 10.7.